The number of fused-ring (bicyclic) bond motifs is 1. The summed E-state index contributed by atoms with van der Waals surface area (Å²) in [5.41, 5.74) is 4.88. The fraction of sp³-hybridized carbons (Fsp3) is 0.138. The predicted molar refractivity (Wildman–Crippen MR) is 145 cm³/mol. The van der Waals surface area contributed by atoms with Crippen LogP contribution in [0.5, 0.6) is 0 Å². The number of carbonyl (C=O) groups excluding carboxylic acids is 1. The number of pyridine rings is 2. The Balaban J connectivity index is 1.59. The first kappa shape index (κ1) is 23.9. The van der Waals surface area contributed by atoms with E-state index in [9.17, 15) is 4.79 Å². The second-order valence-electron chi connectivity index (χ2n) is 8.71. The fourth-order valence-electron chi connectivity index (χ4n) is 4.08. The van der Waals surface area contributed by atoms with Crippen LogP contribution in [0.2, 0.25) is 0 Å². The predicted octanol–water partition coefficient (Wildman–Crippen LogP) is 6.32. The molecule has 0 fully saturated rings. The van der Waals surface area contributed by atoms with Crippen LogP contribution < -0.4 is 10.6 Å². The van der Waals surface area contributed by atoms with E-state index < -0.39 is 6.09 Å². The average molecular weight is 491 g/mol. The molecule has 8 heteroatoms. The highest BCUT2D eigenvalue weighted by atomic mass is 16.6. The molecular weight excluding hydrogens is 464 g/mol. The minimum atomic E-state index is -0.537. The van der Waals surface area contributed by atoms with Crippen LogP contribution in [0.25, 0.3) is 33.2 Å². The number of nitrogens with one attached hydrogen (secondary N) is 2. The first-order valence-electron chi connectivity index (χ1n) is 12.0. The summed E-state index contributed by atoms with van der Waals surface area (Å²) in [5.74, 6) is 0.659. The average Bonchev–Trinajstić information content (AvgIpc) is 2.92. The van der Waals surface area contributed by atoms with Crippen molar-refractivity contribution in [2.24, 2.45) is 0 Å². The summed E-state index contributed by atoms with van der Waals surface area (Å²) in [5, 5.41) is 17.2. The van der Waals surface area contributed by atoms with Crippen molar-refractivity contribution in [3.63, 3.8) is 0 Å². The molecule has 0 saturated carbocycles. The molecule has 184 valence electrons. The molecule has 2 aromatic carbocycles. The largest absolute Gasteiger partial charge is 0.447 e. The molecule has 1 amide bonds. The van der Waals surface area contributed by atoms with Crippen LogP contribution in [0.1, 0.15) is 19.5 Å². The van der Waals surface area contributed by atoms with Crippen LogP contribution in [-0.2, 0) is 11.3 Å². The summed E-state index contributed by atoms with van der Waals surface area (Å²) in [7, 11) is 0. The van der Waals surface area contributed by atoms with Gasteiger partial charge in [0.25, 0.3) is 0 Å². The molecule has 0 spiro atoms. The van der Waals surface area contributed by atoms with Gasteiger partial charge in [-0.1, -0.05) is 54.6 Å². The van der Waals surface area contributed by atoms with E-state index in [1.165, 1.54) is 0 Å². The van der Waals surface area contributed by atoms with Gasteiger partial charge in [-0.2, -0.15) is 0 Å². The SMILES string of the molecule is CC(C)OC(=O)Nc1cncc(-c2nnc(NCc3ccccn3)c3c(-c4ccccc4)cccc23)c1. The Morgan fingerprint density at radius 1 is 0.919 bits per heavy atom. The maximum absolute atomic E-state index is 12.1. The molecule has 0 atom stereocenters. The topological polar surface area (TPSA) is 102 Å². The van der Waals surface area contributed by atoms with Crippen molar-refractivity contribution in [2.75, 3.05) is 10.6 Å². The van der Waals surface area contributed by atoms with E-state index in [2.05, 4.69) is 49.0 Å². The maximum Gasteiger partial charge on any atom is 0.411 e. The zero-order valence-electron chi connectivity index (χ0n) is 20.6. The molecule has 0 bridgehead atoms. The molecule has 0 aliphatic heterocycles. The number of amides is 1. The van der Waals surface area contributed by atoms with Gasteiger partial charge in [0.05, 0.1) is 30.2 Å². The second-order valence-corrected chi connectivity index (χ2v) is 8.71. The van der Waals surface area contributed by atoms with Crippen molar-refractivity contribution in [3.8, 4) is 22.4 Å². The Morgan fingerprint density at radius 3 is 2.54 bits per heavy atom. The van der Waals surface area contributed by atoms with Crippen LogP contribution in [-0.4, -0.2) is 32.4 Å². The van der Waals surface area contributed by atoms with Crippen LogP contribution in [0, 0.1) is 0 Å². The van der Waals surface area contributed by atoms with Crippen molar-refractivity contribution >= 4 is 28.4 Å². The van der Waals surface area contributed by atoms with Gasteiger partial charge in [-0.15, -0.1) is 10.2 Å². The number of aromatic nitrogens is 4. The Bertz CT molecular complexity index is 1520. The molecule has 0 aliphatic rings. The van der Waals surface area contributed by atoms with Crippen molar-refractivity contribution in [3.05, 3.63) is 97.1 Å². The first-order chi connectivity index (χ1) is 18.1. The van der Waals surface area contributed by atoms with E-state index in [4.69, 9.17) is 4.74 Å². The van der Waals surface area contributed by atoms with Gasteiger partial charge in [-0.3, -0.25) is 15.3 Å². The van der Waals surface area contributed by atoms with Crippen LogP contribution in [0.15, 0.2) is 91.4 Å². The number of benzene rings is 2. The summed E-state index contributed by atoms with van der Waals surface area (Å²) in [6.45, 7) is 4.10. The number of carbonyl (C=O) groups is 1. The molecule has 8 nitrogen and oxygen atoms in total. The Morgan fingerprint density at radius 2 is 1.76 bits per heavy atom. The maximum atomic E-state index is 12.1. The first-order valence-corrected chi connectivity index (χ1v) is 12.0. The summed E-state index contributed by atoms with van der Waals surface area (Å²) in [6.07, 6.45) is 4.28. The molecule has 5 rings (SSSR count). The second kappa shape index (κ2) is 10.8. The molecule has 3 heterocycles. The smallest absolute Gasteiger partial charge is 0.411 e. The molecule has 2 N–H and O–H groups in total. The highest BCUT2D eigenvalue weighted by Gasteiger charge is 2.17. The highest BCUT2D eigenvalue weighted by Crippen LogP contribution is 2.37. The van der Waals surface area contributed by atoms with Gasteiger partial charge in [0.1, 0.15) is 5.69 Å². The van der Waals surface area contributed by atoms with Crippen molar-refractivity contribution < 1.29 is 9.53 Å². The highest BCUT2D eigenvalue weighted by molar-refractivity contribution is 6.08. The number of nitrogens with zero attached hydrogens (tertiary/aromatic N) is 4. The minimum Gasteiger partial charge on any atom is -0.447 e. The Kier molecular flexibility index (Phi) is 6.98. The number of ether oxygens (including phenoxy) is 1. The van der Waals surface area contributed by atoms with Gasteiger partial charge < -0.3 is 10.1 Å². The van der Waals surface area contributed by atoms with Crippen LogP contribution in [0.4, 0.5) is 16.3 Å². The quantitative estimate of drug-likeness (QED) is 0.275. The third-order valence-electron chi connectivity index (χ3n) is 5.66. The van der Waals surface area contributed by atoms with E-state index in [1.54, 1.807) is 32.4 Å². The Hall–Kier alpha value is -4.85. The van der Waals surface area contributed by atoms with Gasteiger partial charge in [0, 0.05) is 28.7 Å². The minimum absolute atomic E-state index is 0.228. The zero-order chi connectivity index (χ0) is 25.6. The monoisotopic (exact) mass is 490 g/mol. The molecule has 0 saturated heterocycles. The lowest BCUT2D eigenvalue weighted by molar-refractivity contribution is 0.130. The van der Waals surface area contributed by atoms with E-state index in [1.807, 2.05) is 54.6 Å². The van der Waals surface area contributed by atoms with Gasteiger partial charge in [0.15, 0.2) is 5.82 Å². The summed E-state index contributed by atoms with van der Waals surface area (Å²) >= 11 is 0. The lowest BCUT2D eigenvalue weighted by atomic mass is 9.96. The third kappa shape index (κ3) is 5.54. The third-order valence-corrected chi connectivity index (χ3v) is 5.66. The van der Waals surface area contributed by atoms with Gasteiger partial charge >= 0.3 is 6.09 Å². The normalized spacial score (nSPS) is 10.9. The van der Waals surface area contributed by atoms with Crippen LogP contribution >= 0.6 is 0 Å². The van der Waals surface area contributed by atoms with Crippen molar-refractivity contribution in [1.29, 1.82) is 0 Å². The van der Waals surface area contributed by atoms with Gasteiger partial charge in [-0.25, -0.2) is 4.79 Å². The number of hydrogen-bond acceptors (Lipinski definition) is 7. The summed E-state index contributed by atoms with van der Waals surface area (Å²) in [4.78, 5) is 20.8. The standard InChI is InChI=1S/C29H26N6O2/c1-19(2)37-29(36)33-23-15-21(16-30-17-23)27-25-13-8-12-24(20-9-4-3-5-10-20)26(25)28(35-34-27)32-18-22-11-6-7-14-31-22/h3-17,19H,18H2,1-2H3,(H,32,35)(H,33,36). The molecule has 0 aliphatic carbocycles. The number of hydrogen-bond donors (Lipinski definition) is 2. The lowest BCUT2D eigenvalue weighted by Gasteiger charge is -2.15. The van der Waals surface area contributed by atoms with E-state index in [-0.39, 0.29) is 6.10 Å². The molecular formula is C29H26N6O2. The molecule has 0 unspecified atom stereocenters. The summed E-state index contributed by atoms with van der Waals surface area (Å²) < 4.78 is 5.19. The Labute approximate surface area is 214 Å². The zero-order valence-corrected chi connectivity index (χ0v) is 20.6. The summed E-state index contributed by atoms with van der Waals surface area (Å²) in [6, 6.07) is 23.9. The molecule has 3 aromatic heterocycles. The lowest BCUT2D eigenvalue weighted by Crippen LogP contribution is -2.18. The van der Waals surface area contributed by atoms with Crippen molar-refractivity contribution in [2.45, 2.75) is 26.5 Å². The van der Waals surface area contributed by atoms with Gasteiger partial charge in [0.2, 0.25) is 0 Å². The van der Waals surface area contributed by atoms with Crippen LogP contribution in [0.3, 0.4) is 0 Å². The molecule has 37 heavy (non-hydrogen) atoms. The molecule has 0 radical (unpaired) electrons. The van der Waals surface area contributed by atoms with Crippen molar-refractivity contribution in [1.82, 2.24) is 20.2 Å². The van der Waals surface area contributed by atoms with E-state index in [0.29, 0.717) is 23.7 Å². The number of anilines is 2. The van der Waals surface area contributed by atoms with E-state index >= 15 is 0 Å². The number of rotatable bonds is 7. The van der Waals surface area contributed by atoms with E-state index in [0.717, 1.165) is 33.2 Å². The molecule has 5 aromatic rings. The van der Waals surface area contributed by atoms with Gasteiger partial charge in [-0.05, 0) is 43.2 Å². The fourth-order valence-corrected chi connectivity index (χ4v) is 4.08.